The van der Waals surface area contributed by atoms with E-state index in [1.807, 2.05) is 13.8 Å². The van der Waals surface area contributed by atoms with E-state index in [-0.39, 0.29) is 17.5 Å². The van der Waals surface area contributed by atoms with Gasteiger partial charge in [-0.2, -0.15) is 9.29 Å². The molecule has 0 bridgehead atoms. The molecule has 0 aromatic carbocycles. The summed E-state index contributed by atoms with van der Waals surface area (Å²) in [7, 11) is -2.18. The van der Waals surface area contributed by atoms with E-state index in [1.165, 1.54) is 13.2 Å². The lowest BCUT2D eigenvalue weighted by atomic mass is 10.5. The number of sulfonamides is 1. The van der Waals surface area contributed by atoms with Crippen molar-refractivity contribution in [1.82, 2.24) is 24.4 Å². The maximum absolute atomic E-state index is 12.3. The summed E-state index contributed by atoms with van der Waals surface area (Å²) in [6, 6.07) is 0. The van der Waals surface area contributed by atoms with Gasteiger partial charge in [-0.05, 0) is 0 Å². The van der Waals surface area contributed by atoms with E-state index in [4.69, 9.17) is 4.52 Å². The summed E-state index contributed by atoms with van der Waals surface area (Å²) in [5.74, 6) is 1.45. The van der Waals surface area contributed by atoms with Crippen LogP contribution in [0.4, 0.5) is 0 Å². The molecule has 20 heavy (non-hydrogen) atoms. The highest BCUT2D eigenvalue weighted by atomic mass is 32.2. The van der Waals surface area contributed by atoms with E-state index in [0.717, 1.165) is 4.31 Å². The molecule has 0 atom stereocenters. The zero-order chi connectivity index (χ0) is 14.8. The summed E-state index contributed by atoms with van der Waals surface area (Å²) in [6.45, 7) is 3.81. The van der Waals surface area contributed by atoms with Gasteiger partial charge in [0.05, 0.1) is 12.7 Å². The number of imidazole rings is 1. The van der Waals surface area contributed by atoms with Crippen molar-refractivity contribution >= 4 is 10.0 Å². The summed E-state index contributed by atoms with van der Waals surface area (Å²) >= 11 is 0. The molecular formula is C11H17N5O3S. The summed E-state index contributed by atoms with van der Waals surface area (Å²) in [5.41, 5.74) is 0. The predicted molar refractivity (Wildman–Crippen MR) is 70.3 cm³/mol. The van der Waals surface area contributed by atoms with Crippen molar-refractivity contribution in [3.63, 3.8) is 0 Å². The Bertz CT molecular complexity index is 676. The number of aromatic nitrogens is 4. The summed E-state index contributed by atoms with van der Waals surface area (Å²) in [5, 5.41) is 3.79. The topological polar surface area (TPSA) is 105 Å². The first-order valence-corrected chi connectivity index (χ1v) is 7.73. The molecule has 0 spiro atoms. The van der Waals surface area contributed by atoms with Crippen molar-refractivity contribution < 1.29 is 12.9 Å². The average molecular weight is 299 g/mol. The highest BCUT2D eigenvalue weighted by Crippen LogP contribution is 2.14. The Kier molecular flexibility index (Phi) is 4.19. The first kappa shape index (κ1) is 14.7. The molecule has 0 radical (unpaired) electrons. The first-order valence-electron chi connectivity index (χ1n) is 6.29. The van der Waals surface area contributed by atoms with Crippen LogP contribution in [0.1, 0.15) is 31.4 Å². The van der Waals surface area contributed by atoms with Gasteiger partial charge in [0, 0.05) is 19.9 Å². The molecule has 2 aromatic rings. The van der Waals surface area contributed by atoms with Crippen LogP contribution in [-0.2, 0) is 29.4 Å². The van der Waals surface area contributed by atoms with Crippen LogP contribution in [0.15, 0.2) is 15.7 Å². The number of aryl methyl sites for hydroxylation is 2. The number of aromatic amines is 1. The smallest absolute Gasteiger partial charge is 0.260 e. The maximum Gasteiger partial charge on any atom is 0.260 e. The third-order valence-electron chi connectivity index (χ3n) is 2.81. The average Bonchev–Trinajstić information content (AvgIpc) is 3.07. The maximum atomic E-state index is 12.3. The minimum absolute atomic E-state index is 0.0236. The standard InChI is InChI=1S/C11H17N5O3S/c1-4-8-12-6-11(14-8)20(17,18)16(3)7-10-13-9(5-2)15-19-10/h6H,4-5,7H2,1-3H3,(H,12,14). The molecule has 0 amide bonds. The zero-order valence-electron chi connectivity index (χ0n) is 11.6. The SMILES string of the molecule is CCc1noc(CN(C)S(=O)(=O)c2cnc(CC)[nH]2)n1. The Morgan fingerprint density at radius 2 is 2.10 bits per heavy atom. The van der Waals surface area contributed by atoms with Crippen molar-refractivity contribution in [3.8, 4) is 0 Å². The number of hydrogen-bond acceptors (Lipinski definition) is 6. The molecule has 2 rings (SSSR count). The van der Waals surface area contributed by atoms with E-state index in [9.17, 15) is 8.42 Å². The minimum Gasteiger partial charge on any atom is -0.338 e. The van der Waals surface area contributed by atoms with Crippen LogP contribution in [0.25, 0.3) is 0 Å². The van der Waals surface area contributed by atoms with Crippen LogP contribution in [-0.4, -0.2) is 39.9 Å². The Morgan fingerprint density at radius 3 is 2.65 bits per heavy atom. The molecule has 2 aromatic heterocycles. The second-order valence-electron chi connectivity index (χ2n) is 4.27. The van der Waals surface area contributed by atoms with Gasteiger partial charge < -0.3 is 9.51 Å². The molecular weight excluding hydrogens is 282 g/mol. The number of hydrogen-bond donors (Lipinski definition) is 1. The first-order chi connectivity index (χ1) is 9.47. The van der Waals surface area contributed by atoms with Crippen LogP contribution in [0.5, 0.6) is 0 Å². The molecule has 0 unspecified atom stereocenters. The minimum atomic E-state index is -3.64. The molecule has 0 aliphatic carbocycles. The number of nitrogens with one attached hydrogen (secondary N) is 1. The molecule has 0 fully saturated rings. The van der Waals surface area contributed by atoms with Gasteiger partial charge in [-0.15, -0.1) is 0 Å². The lowest BCUT2D eigenvalue weighted by molar-refractivity contribution is 0.333. The molecule has 0 saturated carbocycles. The quantitative estimate of drug-likeness (QED) is 0.843. The summed E-state index contributed by atoms with van der Waals surface area (Å²) in [6.07, 6.45) is 2.60. The van der Waals surface area contributed by atoms with Crippen molar-refractivity contribution in [2.45, 2.75) is 38.3 Å². The number of rotatable bonds is 6. The fourth-order valence-electron chi connectivity index (χ4n) is 1.60. The third-order valence-corrected chi connectivity index (χ3v) is 4.53. The van der Waals surface area contributed by atoms with Crippen LogP contribution in [0.2, 0.25) is 0 Å². The molecule has 9 heteroatoms. The third kappa shape index (κ3) is 2.88. The highest BCUT2D eigenvalue weighted by Gasteiger charge is 2.25. The number of nitrogens with zero attached hydrogens (tertiary/aromatic N) is 4. The Hall–Kier alpha value is -1.74. The highest BCUT2D eigenvalue weighted by molar-refractivity contribution is 7.89. The summed E-state index contributed by atoms with van der Waals surface area (Å²) in [4.78, 5) is 10.9. The zero-order valence-corrected chi connectivity index (χ0v) is 12.4. The molecule has 110 valence electrons. The molecule has 8 nitrogen and oxygen atoms in total. The van der Waals surface area contributed by atoms with Crippen molar-refractivity contribution in [2.75, 3.05) is 7.05 Å². The van der Waals surface area contributed by atoms with Crippen LogP contribution < -0.4 is 0 Å². The molecule has 2 heterocycles. The van der Waals surface area contributed by atoms with Crippen molar-refractivity contribution in [1.29, 1.82) is 0 Å². The second kappa shape index (κ2) is 5.71. The normalized spacial score (nSPS) is 12.2. The van der Waals surface area contributed by atoms with Crippen LogP contribution in [0.3, 0.4) is 0 Å². The Balaban J connectivity index is 2.16. The van der Waals surface area contributed by atoms with E-state index in [1.54, 1.807) is 0 Å². The Labute approximate surface area is 117 Å². The van der Waals surface area contributed by atoms with E-state index in [0.29, 0.717) is 24.5 Å². The van der Waals surface area contributed by atoms with Crippen molar-refractivity contribution in [2.24, 2.45) is 0 Å². The monoisotopic (exact) mass is 299 g/mol. The van der Waals surface area contributed by atoms with Gasteiger partial charge in [-0.1, -0.05) is 19.0 Å². The largest absolute Gasteiger partial charge is 0.338 e. The fourth-order valence-corrected chi connectivity index (χ4v) is 2.64. The van der Waals surface area contributed by atoms with Gasteiger partial charge in [-0.25, -0.2) is 13.4 Å². The van der Waals surface area contributed by atoms with Gasteiger partial charge in [0.15, 0.2) is 10.9 Å². The molecule has 0 aliphatic rings. The lowest BCUT2D eigenvalue weighted by Gasteiger charge is -2.13. The van der Waals surface area contributed by atoms with E-state index >= 15 is 0 Å². The van der Waals surface area contributed by atoms with Gasteiger partial charge in [0.2, 0.25) is 5.89 Å². The molecule has 0 aliphatic heterocycles. The molecule has 1 N–H and O–H groups in total. The lowest BCUT2D eigenvalue weighted by Crippen LogP contribution is -2.27. The Morgan fingerprint density at radius 1 is 1.35 bits per heavy atom. The van der Waals surface area contributed by atoms with Gasteiger partial charge in [0.1, 0.15) is 5.82 Å². The predicted octanol–water partition coefficient (Wildman–Crippen LogP) is 0.738. The fraction of sp³-hybridized carbons (Fsp3) is 0.545. The van der Waals surface area contributed by atoms with Crippen LogP contribution >= 0.6 is 0 Å². The van der Waals surface area contributed by atoms with Gasteiger partial charge in [-0.3, -0.25) is 0 Å². The molecule has 0 saturated heterocycles. The summed E-state index contributed by atoms with van der Waals surface area (Å²) < 4.78 is 30.8. The van der Waals surface area contributed by atoms with E-state index in [2.05, 4.69) is 20.1 Å². The second-order valence-corrected chi connectivity index (χ2v) is 6.28. The van der Waals surface area contributed by atoms with Crippen molar-refractivity contribution in [3.05, 3.63) is 23.7 Å². The van der Waals surface area contributed by atoms with Gasteiger partial charge >= 0.3 is 0 Å². The van der Waals surface area contributed by atoms with Crippen LogP contribution in [0, 0.1) is 0 Å². The van der Waals surface area contributed by atoms with E-state index < -0.39 is 10.0 Å². The van der Waals surface area contributed by atoms with Gasteiger partial charge in [0.25, 0.3) is 10.0 Å². The number of H-pyrrole nitrogens is 1.